The average Bonchev–Trinajstić information content (AvgIpc) is 2.51. The molecule has 1 saturated heterocycles. The highest BCUT2D eigenvalue weighted by Crippen LogP contribution is 2.31. The molecule has 0 aromatic carbocycles. The molecule has 2 aliphatic heterocycles. The van der Waals surface area contributed by atoms with Gasteiger partial charge in [0.05, 0.1) is 18.2 Å². The van der Waals surface area contributed by atoms with Gasteiger partial charge in [0.1, 0.15) is 6.04 Å². The lowest BCUT2D eigenvalue weighted by molar-refractivity contribution is -0.274. The maximum absolute atomic E-state index is 5.85. The fourth-order valence-electron chi connectivity index (χ4n) is 2.13. The Balaban J connectivity index is 2.01. The van der Waals surface area contributed by atoms with Crippen molar-refractivity contribution in [2.75, 3.05) is 6.54 Å². The quantitative estimate of drug-likeness (QED) is 0.648. The zero-order valence-corrected chi connectivity index (χ0v) is 9.06. The second-order valence-electron chi connectivity index (χ2n) is 4.73. The highest BCUT2D eigenvalue weighted by Gasteiger charge is 2.38. The van der Waals surface area contributed by atoms with Gasteiger partial charge in [0.15, 0.2) is 6.29 Å². The van der Waals surface area contributed by atoms with E-state index in [1.54, 1.807) is 0 Å². The van der Waals surface area contributed by atoms with Crippen LogP contribution in [0.3, 0.4) is 0 Å². The van der Waals surface area contributed by atoms with Crippen LogP contribution in [0.25, 0.3) is 0 Å². The third kappa shape index (κ3) is 2.12. The van der Waals surface area contributed by atoms with Crippen molar-refractivity contribution in [3.8, 4) is 0 Å². The van der Waals surface area contributed by atoms with Crippen LogP contribution >= 0.6 is 0 Å². The summed E-state index contributed by atoms with van der Waals surface area (Å²) < 4.78 is 11.6. The number of hydrogen-bond donors (Lipinski definition) is 0. The highest BCUT2D eigenvalue weighted by molar-refractivity contribution is 4.84. The van der Waals surface area contributed by atoms with E-state index in [9.17, 15) is 0 Å². The fraction of sp³-hybridized carbons (Fsp3) is 1.00. The lowest BCUT2D eigenvalue weighted by Crippen LogP contribution is -2.47. The minimum absolute atomic E-state index is 0.0968. The summed E-state index contributed by atoms with van der Waals surface area (Å²) in [5.41, 5.74) is -0.0968. The summed E-state index contributed by atoms with van der Waals surface area (Å²) in [6, 6.07) is 0.108. The summed E-state index contributed by atoms with van der Waals surface area (Å²) in [4.78, 5) is 0. The Morgan fingerprint density at radius 3 is 2.71 bits per heavy atom. The van der Waals surface area contributed by atoms with Crippen LogP contribution in [0.15, 0.2) is 10.2 Å². The molecule has 0 spiro atoms. The molecule has 2 heterocycles. The van der Waals surface area contributed by atoms with Crippen LogP contribution in [0.5, 0.6) is 0 Å². The van der Waals surface area contributed by atoms with Crippen molar-refractivity contribution in [2.24, 2.45) is 10.2 Å². The first-order valence-corrected chi connectivity index (χ1v) is 5.27. The summed E-state index contributed by atoms with van der Waals surface area (Å²) in [7, 11) is 0. The van der Waals surface area contributed by atoms with Gasteiger partial charge >= 0.3 is 0 Å². The van der Waals surface area contributed by atoms with Crippen LogP contribution in [-0.2, 0) is 9.47 Å². The van der Waals surface area contributed by atoms with Gasteiger partial charge in [-0.05, 0) is 27.2 Å². The Hall–Kier alpha value is -0.480. The zero-order chi connectivity index (χ0) is 10.2. The topological polar surface area (TPSA) is 43.2 Å². The van der Waals surface area contributed by atoms with Gasteiger partial charge in [0, 0.05) is 6.42 Å². The number of nitrogens with zero attached hydrogens (tertiary/aromatic N) is 2. The maximum atomic E-state index is 5.85. The Morgan fingerprint density at radius 2 is 2.14 bits per heavy atom. The largest absolute Gasteiger partial charge is 0.347 e. The molecule has 3 atom stereocenters. The van der Waals surface area contributed by atoms with E-state index < -0.39 is 0 Å². The van der Waals surface area contributed by atoms with Crippen molar-refractivity contribution < 1.29 is 9.47 Å². The van der Waals surface area contributed by atoms with Gasteiger partial charge < -0.3 is 9.47 Å². The smallest absolute Gasteiger partial charge is 0.182 e. The van der Waals surface area contributed by atoms with Gasteiger partial charge in [-0.15, -0.1) is 0 Å². The van der Waals surface area contributed by atoms with E-state index in [0.717, 1.165) is 19.4 Å². The molecule has 3 unspecified atom stereocenters. The van der Waals surface area contributed by atoms with Crippen LogP contribution in [0.1, 0.15) is 33.6 Å². The van der Waals surface area contributed by atoms with Gasteiger partial charge in [-0.3, -0.25) is 0 Å². The molecule has 0 aromatic heterocycles. The molecule has 0 N–H and O–H groups in total. The normalized spacial score (nSPS) is 41.5. The molecule has 14 heavy (non-hydrogen) atoms. The molecule has 0 saturated carbocycles. The first-order chi connectivity index (χ1) is 6.57. The van der Waals surface area contributed by atoms with Crippen LogP contribution in [0, 0.1) is 0 Å². The van der Waals surface area contributed by atoms with E-state index in [1.165, 1.54) is 0 Å². The van der Waals surface area contributed by atoms with E-state index >= 15 is 0 Å². The Kier molecular flexibility index (Phi) is 2.58. The third-order valence-corrected chi connectivity index (χ3v) is 2.65. The molecule has 80 valence electrons. The minimum atomic E-state index is -0.194. The van der Waals surface area contributed by atoms with Crippen molar-refractivity contribution >= 4 is 0 Å². The molecule has 0 amide bonds. The molecule has 0 aliphatic carbocycles. The molecular weight excluding hydrogens is 180 g/mol. The number of rotatable bonds is 1. The predicted octanol–water partition coefficient (Wildman–Crippen LogP) is 2.14. The predicted molar refractivity (Wildman–Crippen MR) is 52.2 cm³/mol. The van der Waals surface area contributed by atoms with Crippen molar-refractivity contribution in [3.05, 3.63) is 0 Å². The van der Waals surface area contributed by atoms with Gasteiger partial charge in [-0.1, -0.05) is 0 Å². The third-order valence-electron chi connectivity index (χ3n) is 2.65. The fourth-order valence-corrected chi connectivity index (χ4v) is 2.13. The monoisotopic (exact) mass is 198 g/mol. The number of hydrogen-bond acceptors (Lipinski definition) is 4. The van der Waals surface area contributed by atoms with Crippen LogP contribution in [0.4, 0.5) is 0 Å². The molecule has 4 heteroatoms. The second kappa shape index (κ2) is 3.59. The van der Waals surface area contributed by atoms with Crippen LogP contribution < -0.4 is 0 Å². The lowest BCUT2D eigenvalue weighted by atomic mass is 9.99. The summed E-state index contributed by atoms with van der Waals surface area (Å²) in [5.74, 6) is 0. The van der Waals surface area contributed by atoms with E-state index in [2.05, 4.69) is 31.0 Å². The summed E-state index contributed by atoms with van der Waals surface area (Å²) in [5, 5.41) is 8.11. The molecule has 0 aromatic rings. The SMILES string of the molecule is CC1CC(C)(C)OC(C2CCN=N2)O1. The van der Waals surface area contributed by atoms with Gasteiger partial charge in [-0.2, -0.15) is 10.2 Å². The van der Waals surface area contributed by atoms with Crippen LogP contribution in [-0.4, -0.2) is 30.6 Å². The Labute approximate surface area is 84.7 Å². The van der Waals surface area contributed by atoms with Crippen molar-refractivity contribution in [2.45, 2.75) is 57.6 Å². The summed E-state index contributed by atoms with van der Waals surface area (Å²) >= 11 is 0. The molecular formula is C10H18N2O2. The van der Waals surface area contributed by atoms with Gasteiger partial charge in [0.2, 0.25) is 0 Å². The first kappa shape index (κ1) is 10.1. The van der Waals surface area contributed by atoms with E-state index in [4.69, 9.17) is 9.47 Å². The standard InChI is InChI=1S/C10H18N2O2/c1-7-6-10(2,3)14-9(13-7)8-4-5-11-12-8/h7-9H,4-6H2,1-3H3. The molecule has 0 radical (unpaired) electrons. The molecule has 1 fully saturated rings. The number of azo groups is 1. The van der Waals surface area contributed by atoms with Crippen LogP contribution in [0.2, 0.25) is 0 Å². The summed E-state index contributed by atoms with van der Waals surface area (Å²) in [6.45, 7) is 7.10. The zero-order valence-electron chi connectivity index (χ0n) is 9.06. The van der Waals surface area contributed by atoms with Crippen molar-refractivity contribution in [1.29, 1.82) is 0 Å². The first-order valence-electron chi connectivity index (χ1n) is 5.27. The lowest BCUT2D eigenvalue weighted by Gasteiger charge is -2.40. The molecule has 0 bridgehead atoms. The Bertz CT molecular complexity index is 240. The number of ether oxygens (including phenoxy) is 2. The van der Waals surface area contributed by atoms with Crippen molar-refractivity contribution in [1.82, 2.24) is 0 Å². The van der Waals surface area contributed by atoms with Crippen molar-refractivity contribution in [3.63, 3.8) is 0 Å². The van der Waals surface area contributed by atoms with E-state index in [0.29, 0.717) is 0 Å². The Morgan fingerprint density at radius 1 is 1.36 bits per heavy atom. The second-order valence-corrected chi connectivity index (χ2v) is 4.73. The van der Waals surface area contributed by atoms with Gasteiger partial charge in [0.25, 0.3) is 0 Å². The average molecular weight is 198 g/mol. The molecule has 2 aliphatic rings. The molecule has 2 rings (SSSR count). The van der Waals surface area contributed by atoms with E-state index in [-0.39, 0.29) is 24.0 Å². The summed E-state index contributed by atoms with van der Waals surface area (Å²) in [6.07, 6.45) is 1.94. The van der Waals surface area contributed by atoms with E-state index in [1.807, 2.05) is 0 Å². The maximum Gasteiger partial charge on any atom is 0.182 e. The molecule has 4 nitrogen and oxygen atoms in total. The van der Waals surface area contributed by atoms with Gasteiger partial charge in [-0.25, -0.2) is 0 Å². The minimum Gasteiger partial charge on any atom is -0.347 e. The highest BCUT2D eigenvalue weighted by atomic mass is 16.7.